The number of furan rings is 1. The first-order chi connectivity index (χ1) is 14.8. The zero-order valence-electron chi connectivity index (χ0n) is 17.4. The summed E-state index contributed by atoms with van der Waals surface area (Å²) in [6.07, 6.45) is 3.11. The van der Waals surface area contributed by atoms with Gasteiger partial charge in [0.2, 0.25) is 5.91 Å². The predicted octanol–water partition coefficient (Wildman–Crippen LogP) is 2.18. The lowest BCUT2D eigenvalue weighted by Crippen LogP contribution is -2.25. The van der Waals surface area contributed by atoms with Crippen molar-refractivity contribution in [2.45, 2.75) is 46.8 Å². The molecule has 0 aromatic carbocycles. The molecule has 0 radical (unpaired) electrons. The number of carbonyl (C=O) groups excluding carboxylic acids is 2. The summed E-state index contributed by atoms with van der Waals surface area (Å²) in [6.45, 7) is 5.86. The van der Waals surface area contributed by atoms with Crippen molar-refractivity contribution in [2.75, 3.05) is 5.32 Å². The van der Waals surface area contributed by atoms with Crippen LogP contribution < -0.4 is 10.6 Å². The lowest BCUT2D eigenvalue weighted by Gasteiger charge is -2.07. The highest BCUT2D eigenvalue weighted by Crippen LogP contribution is 2.22. The second kappa shape index (κ2) is 9.24. The number of amides is 2. The minimum absolute atomic E-state index is 0.0177. The largest absolute Gasteiger partial charge is 0.467 e. The number of nitrogens with zero attached hydrogens (tertiary/aromatic N) is 5. The molecule has 0 bridgehead atoms. The predicted molar refractivity (Wildman–Crippen MR) is 109 cm³/mol. The van der Waals surface area contributed by atoms with Crippen molar-refractivity contribution in [3.8, 4) is 0 Å². The summed E-state index contributed by atoms with van der Waals surface area (Å²) in [5, 5.41) is 24.8. The van der Waals surface area contributed by atoms with Crippen molar-refractivity contribution in [2.24, 2.45) is 0 Å². The maximum Gasteiger partial charge on any atom is 0.312 e. The van der Waals surface area contributed by atoms with Crippen molar-refractivity contribution in [1.82, 2.24) is 24.9 Å². The molecule has 3 heterocycles. The number of rotatable bonds is 9. The lowest BCUT2D eigenvalue weighted by molar-refractivity contribution is -0.386. The van der Waals surface area contributed by atoms with Crippen LogP contribution in [0.25, 0.3) is 0 Å². The maximum atomic E-state index is 12.5. The average molecular weight is 429 g/mol. The highest BCUT2D eigenvalue weighted by Gasteiger charge is 2.23. The minimum Gasteiger partial charge on any atom is -0.467 e. The molecule has 12 nitrogen and oxygen atoms in total. The van der Waals surface area contributed by atoms with Gasteiger partial charge in [0.25, 0.3) is 5.91 Å². The number of hydrogen-bond donors (Lipinski definition) is 2. The van der Waals surface area contributed by atoms with E-state index in [-0.39, 0.29) is 42.5 Å². The van der Waals surface area contributed by atoms with E-state index in [2.05, 4.69) is 20.8 Å². The zero-order valence-corrected chi connectivity index (χ0v) is 17.4. The Hall–Kier alpha value is -3.96. The van der Waals surface area contributed by atoms with Crippen LogP contribution in [0.4, 0.5) is 11.4 Å². The third-order valence-electron chi connectivity index (χ3n) is 4.65. The van der Waals surface area contributed by atoms with Crippen LogP contribution in [0.5, 0.6) is 0 Å². The number of carbonyl (C=O) groups is 2. The molecule has 0 saturated carbocycles. The molecule has 0 unspecified atom stereocenters. The van der Waals surface area contributed by atoms with Gasteiger partial charge in [-0.3, -0.25) is 29.1 Å². The molecule has 3 rings (SSSR count). The Bertz CT molecular complexity index is 1100. The molecule has 164 valence electrons. The Morgan fingerprint density at radius 2 is 2.06 bits per heavy atom. The topological polar surface area (TPSA) is 150 Å². The molecular formula is C19H23N7O5. The van der Waals surface area contributed by atoms with E-state index in [0.717, 1.165) is 0 Å². The molecule has 31 heavy (non-hydrogen) atoms. The van der Waals surface area contributed by atoms with Gasteiger partial charge in [-0.25, -0.2) is 0 Å². The standard InChI is InChI=1S/C19H23N7O5/c1-4-24-11-15(17(23-24)19(28)20-10-14-6-5-9-31-14)21-16(27)7-8-25-13(3)18(26(29)30)12(2)22-25/h5-6,9,11H,4,7-8,10H2,1-3H3,(H,20,28)(H,21,27). The molecule has 2 amide bonds. The van der Waals surface area contributed by atoms with Crippen LogP contribution in [-0.2, 0) is 24.4 Å². The van der Waals surface area contributed by atoms with Crippen LogP contribution in [0.1, 0.15) is 41.0 Å². The molecule has 0 fully saturated rings. The van der Waals surface area contributed by atoms with Crippen molar-refractivity contribution in [1.29, 1.82) is 0 Å². The number of nitrogens with one attached hydrogen (secondary N) is 2. The molecular weight excluding hydrogens is 406 g/mol. The highest BCUT2D eigenvalue weighted by molar-refractivity contribution is 6.02. The summed E-state index contributed by atoms with van der Waals surface area (Å²) in [4.78, 5) is 35.6. The van der Waals surface area contributed by atoms with E-state index in [1.165, 1.54) is 10.9 Å². The van der Waals surface area contributed by atoms with Crippen molar-refractivity contribution in [3.05, 3.63) is 57.5 Å². The number of aryl methyl sites for hydroxylation is 3. The molecule has 3 aromatic heterocycles. The number of nitro groups is 1. The summed E-state index contributed by atoms with van der Waals surface area (Å²) in [6, 6.07) is 3.45. The average Bonchev–Trinajstić information content (AvgIpc) is 3.44. The van der Waals surface area contributed by atoms with Gasteiger partial charge in [0, 0.05) is 19.2 Å². The summed E-state index contributed by atoms with van der Waals surface area (Å²) in [5.41, 5.74) is 0.988. The van der Waals surface area contributed by atoms with E-state index in [0.29, 0.717) is 23.7 Å². The number of anilines is 1. The Morgan fingerprint density at radius 1 is 1.29 bits per heavy atom. The fourth-order valence-electron chi connectivity index (χ4n) is 3.10. The lowest BCUT2D eigenvalue weighted by atomic mass is 10.3. The zero-order chi connectivity index (χ0) is 22.5. The van der Waals surface area contributed by atoms with Gasteiger partial charge in [-0.15, -0.1) is 0 Å². The Balaban J connectivity index is 1.65. The van der Waals surface area contributed by atoms with Crippen molar-refractivity contribution >= 4 is 23.2 Å². The molecule has 0 atom stereocenters. The van der Waals surface area contributed by atoms with Gasteiger partial charge < -0.3 is 15.1 Å². The number of aromatic nitrogens is 4. The smallest absolute Gasteiger partial charge is 0.312 e. The molecule has 0 aliphatic carbocycles. The van der Waals surface area contributed by atoms with Gasteiger partial charge in [-0.1, -0.05) is 0 Å². The third-order valence-corrected chi connectivity index (χ3v) is 4.65. The van der Waals surface area contributed by atoms with Gasteiger partial charge in [-0.05, 0) is 32.9 Å². The first kappa shape index (κ1) is 21.7. The van der Waals surface area contributed by atoms with E-state index in [1.54, 1.807) is 36.9 Å². The van der Waals surface area contributed by atoms with Crippen LogP contribution in [-0.4, -0.2) is 36.3 Å². The second-order valence-electron chi connectivity index (χ2n) is 6.81. The Kier molecular flexibility index (Phi) is 6.48. The van der Waals surface area contributed by atoms with Gasteiger partial charge in [0.1, 0.15) is 17.1 Å². The first-order valence-electron chi connectivity index (χ1n) is 9.66. The quantitative estimate of drug-likeness (QED) is 0.391. The highest BCUT2D eigenvalue weighted by atomic mass is 16.6. The number of hydrogen-bond acceptors (Lipinski definition) is 7. The fraction of sp³-hybridized carbons (Fsp3) is 0.368. The fourth-order valence-corrected chi connectivity index (χ4v) is 3.10. The third kappa shape index (κ3) is 4.97. The Labute approximate surface area is 177 Å². The summed E-state index contributed by atoms with van der Waals surface area (Å²) in [7, 11) is 0. The summed E-state index contributed by atoms with van der Waals surface area (Å²) in [5.74, 6) is -0.230. The van der Waals surface area contributed by atoms with E-state index >= 15 is 0 Å². The minimum atomic E-state index is -0.485. The molecule has 3 aromatic rings. The first-order valence-corrected chi connectivity index (χ1v) is 9.66. The van der Waals surface area contributed by atoms with Crippen molar-refractivity contribution in [3.63, 3.8) is 0 Å². The van der Waals surface area contributed by atoms with Crippen LogP contribution >= 0.6 is 0 Å². The van der Waals surface area contributed by atoms with Crippen molar-refractivity contribution < 1.29 is 18.9 Å². The Morgan fingerprint density at radius 3 is 2.68 bits per heavy atom. The van der Waals surface area contributed by atoms with E-state index in [9.17, 15) is 19.7 Å². The van der Waals surface area contributed by atoms with Crippen LogP contribution in [0, 0.1) is 24.0 Å². The van der Waals surface area contributed by atoms with Gasteiger partial charge in [0.05, 0.1) is 30.0 Å². The van der Waals surface area contributed by atoms with Crippen LogP contribution in [0.15, 0.2) is 29.0 Å². The maximum absolute atomic E-state index is 12.5. The molecule has 12 heteroatoms. The molecule has 0 aliphatic rings. The van der Waals surface area contributed by atoms with E-state index in [1.807, 2.05) is 6.92 Å². The molecule has 0 saturated heterocycles. The monoisotopic (exact) mass is 429 g/mol. The SMILES string of the molecule is CCn1cc(NC(=O)CCn2nc(C)c([N+](=O)[O-])c2C)c(C(=O)NCc2ccco2)n1. The van der Waals surface area contributed by atoms with Crippen LogP contribution in [0.3, 0.4) is 0 Å². The van der Waals surface area contributed by atoms with Gasteiger partial charge in [0.15, 0.2) is 5.69 Å². The second-order valence-corrected chi connectivity index (χ2v) is 6.81. The van der Waals surface area contributed by atoms with Gasteiger partial charge in [-0.2, -0.15) is 10.2 Å². The molecule has 0 spiro atoms. The van der Waals surface area contributed by atoms with E-state index in [4.69, 9.17) is 4.42 Å². The van der Waals surface area contributed by atoms with E-state index < -0.39 is 10.8 Å². The normalized spacial score (nSPS) is 10.8. The van der Waals surface area contributed by atoms with Gasteiger partial charge >= 0.3 is 5.69 Å². The molecule has 0 aliphatic heterocycles. The summed E-state index contributed by atoms with van der Waals surface area (Å²) >= 11 is 0. The molecule has 2 N–H and O–H groups in total. The summed E-state index contributed by atoms with van der Waals surface area (Å²) < 4.78 is 8.16. The van der Waals surface area contributed by atoms with Crippen LogP contribution in [0.2, 0.25) is 0 Å².